The van der Waals surface area contributed by atoms with Gasteiger partial charge in [-0.2, -0.15) is 0 Å². The Kier molecular flexibility index (Phi) is 5.00. The molecule has 0 aromatic heterocycles. The molecule has 0 spiro atoms. The van der Waals surface area contributed by atoms with Crippen LogP contribution in [0.3, 0.4) is 0 Å². The molecule has 1 saturated heterocycles. The van der Waals surface area contributed by atoms with E-state index in [4.69, 9.17) is 9.47 Å². The highest BCUT2D eigenvalue weighted by atomic mass is 19.1. The molecule has 0 radical (unpaired) electrons. The predicted octanol–water partition coefficient (Wildman–Crippen LogP) is 2.36. The number of anilines is 2. The van der Waals surface area contributed by atoms with Crippen LogP contribution in [0.1, 0.15) is 0 Å². The van der Waals surface area contributed by atoms with Crippen molar-refractivity contribution in [2.75, 3.05) is 56.2 Å². The summed E-state index contributed by atoms with van der Waals surface area (Å²) in [5.74, 6) is 1.17. The van der Waals surface area contributed by atoms with E-state index in [2.05, 4.69) is 10.2 Å². The largest absolute Gasteiger partial charge is 0.486 e. The molecule has 0 unspecified atom stereocenters. The predicted molar refractivity (Wildman–Crippen MR) is 101 cm³/mol. The first-order chi connectivity index (χ1) is 13.2. The Morgan fingerprint density at radius 2 is 1.74 bits per heavy atom. The molecular weight excluding hydrogens is 349 g/mol. The Balaban J connectivity index is 1.31. The van der Waals surface area contributed by atoms with Gasteiger partial charge in [-0.15, -0.1) is 0 Å². The number of rotatable bonds is 4. The Morgan fingerprint density at radius 1 is 1.00 bits per heavy atom. The van der Waals surface area contributed by atoms with E-state index in [1.165, 1.54) is 12.1 Å². The van der Waals surface area contributed by atoms with E-state index >= 15 is 0 Å². The van der Waals surface area contributed by atoms with Gasteiger partial charge in [0, 0.05) is 31.9 Å². The number of hydrogen-bond donors (Lipinski definition) is 1. The Bertz CT molecular complexity index is 805. The van der Waals surface area contributed by atoms with Crippen molar-refractivity contribution in [3.05, 3.63) is 48.3 Å². The number of nitrogens with zero attached hydrogens (tertiary/aromatic N) is 2. The van der Waals surface area contributed by atoms with Crippen molar-refractivity contribution < 1.29 is 18.7 Å². The molecule has 2 aliphatic heterocycles. The zero-order chi connectivity index (χ0) is 18.6. The number of nitrogens with one attached hydrogen (secondary N) is 1. The number of piperazine rings is 1. The monoisotopic (exact) mass is 371 g/mol. The second kappa shape index (κ2) is 7.73. The number of hydrogen-bond acceptors (Lipinski definition) is 5. The first kappa shape index (κ1) is 17.5. The highest BCUT2D eigenvalue weighted by Crippen LogP contribution is 2.37. The minimum Gasteiger partial charge on any atom is -0.486 e. The van der Waals surface area contributed by atoms with E-state index in [1.54, 1.807) is 12.1 Å². The molecule has 1 fully saturated rings. The van der Waals surface area contributed by atoms with E-state index in [-0.39, 0.29) is 18.3 Å². The van der Waals surface area contributed by atoms with Gasteiger partial charge in [-0.05, 0) is 36.4 Å². The van der Waals surface area contributed by atoms with E-state index < -0.39 is 0 Å². The maximum absolute atomic E-state index is 13.1. The van der Waals surface area contributed by atoms with Crippen LogP contribution in [0.15, 0.2) is 42.5 Å². The maximum atomic E-state index is 13.1. The van der Waals surface area contributed by atoms with Crippen molar-refractivity contribution in [2.24, 2.45) is 0 Å². The Hall–Kier alpha value is -2.96. The lowest BCUT2D eigenvalue weighted by Gasteiger charge is -2.36. The average molecular weight is 371 g/mol. The highest BCUT2D eigenvalue weighted by molar-refractivity contribution is 5.82. The molecule has 2 aromatic carbocycles. The van der Waals surface area contributed by atoms with E-state index in [0.717, 1.165) is 24.5 Å². The van der Waals surface area contributed by atoms with Gasteiger partial charge in [0.05, 0.1) is 12.2 Å². The highest BCUT2D eigenvalue weighted by Gasteiger charge is 2.22. The molecule has 6 nitrogen and oxygen atoms in total. The fourth-order valence-electron chi connectivity index (χ4n) is 3.36. The number of fused-ring (bicyclic) bond motifs is 1. The van der Waals surface area contributed by atoms with E-state index in [0.29, 0.717) is 37.8 Å². The van der Waals surface area contributed by atoms with Gasteiger partial charge in [-0.3, -0.25) is 4.79 Å². The molecule has 27 heavy (non-hydrogen) atoms. The first-order valence-corrected chi connectivity index (χ1v) is 9.11. The van der Waals surface area contributed by atoms with Gasteiger partial charge in [0.25, 0.3) is 0 Å². The van der Waals surface area contributed by atoms with Crippen molar-refractivity contribution >= 4 is 17.3 Å². The van der Waals surface area contributed by atoms with E-state index in [9.17, 15) is 9.18 Å². The average Bonchev–Trinajstić information content (AvgIpc) is 2.72. The summed E-state index contributed by atoms with van der Waals surface area (Å²) in [5, 5.41) is 3.17. The summed E-state index contributed by atoms with van der Waals surface area (Å²) in [6.07, 6.45) is 0. The summed E-state index contributed by atoms with van der Waals surface area (Å²) in [4.78, 5) is 16.6. The summed E-state index contributed by atoms with van der Waals surface area (Å²) in [5.41, 5.74) is 1.75. The van der Waals surface area contributed by atoms with Gasteiger partial charge in [0.1, 0.15) is 19.0 Å². The van der Waals surface area contributed by atoms with Crippen LogP contribution in [0.2, 0.25) is 0 Å². The summed E-state index contributed by atoms with van der Waals surface area (Å²) >= 11 is 0. The summed E-state index contributed by atoms with van der Waals surface area (Å²) in [7, 11) is 0. The minimum atomic E-state index is -0.240. The number of benzene rings is 2. The fourth-order valence-corrected chi connectivity index (χ4v) is 3.36. The second-order valence-electron chi connectivity index (χ2n) is 6.53. The van der Waals surface area contributed by atoms with Crippen LogP contribution in [0.4, 0.5) is 15.8 Å². The zero-order valence-corrected chi connectivity index (χ0v) is 15.0. The third-order valence-electron chi connectivity index (χ3n) is 4.82. The number of amides is 1. The molecular formula is C20H22FN3O3. The van der Waals surface area contributed by atoms with Gasteiger partial charge in [-0.25, -0.2) is 4.39 Å². The normalized spacial score (nSPS) is 16.2. The van der Waals surface area contributed by atoms with Crippen molar-refractivity contribution in [3.8, 4) is 11.5 Å². The molecule has 1 amide bonds. The lowest BCUT2D eigenvalue weighted by molar-refractivity contribution is -0.129. The van der Waals surface area contributed by atoms with Crippen molar-refractivity contribution in [3.63, 3.8) is 0 Å². The number of para-hydroxylation sites is 1. The number of carbonyl (C=O) groups excluding carboxylic acids is 1. The van der Waals surface area contributed by atoms with Crippen LogP contribution >= 0.6 is 0 Å². The molecule has 2 aromatic rings. The van der Waals surface area contributed by atoms with Crippen molar-refractivity contribution in [1.82, 2.24) is 4.90 Å². The molecule has 0 atom stereocenters. The molecule has 0 aliphatic carbocycles. The summed E-state index contributed by atoms with van der Waals surface area (Å²) in [6.45, 7) is 3.99. The molecule has 2 heterocycles. The SMILES string of the molecule is O=C(CNc1cccc2c1OCCO2)N1CCN(c2ccc(F)cc2)CC1. The molecule has 142 valence electrons. The van der Waals surface area contributed by atoms with Crippen LogP contribution in [-0.4, -0.2) is 56.7 Å². The van der Waals surface area contributed by atoms with Crippen LogP contribution < -0.4 is 19.7 Å². The molecule has 1 N–H and O–H groups in total. The minimum absolute atomic E-state index is 0.0445. The molecule has 4 rings (SSSR count). The van der Waals surface area contributed by atoms with Gasteiger partial charge in [-0.1, -0.05) is 6.07 Å². The van der Waals surface area contributed by atoms with Crippen LogP contribution in [-0.2, 0) is 4.79 Å². The number of carbonyl (C=O) groups is 1. The van der Waals surface area contributed by atoms with E-state index in [1.807, 2.05) is 23.1 Å². The fraction of sp³-hybridized carbons (Fsp3) is 0.350. The van der Waals surface area contributed by atoms with Gasteiger partial charge >= 0.3 is 0 Å². The number of halogens is 1. The second-order valence-corrected chi connectivity index (χ2v) is 6.53. The lowest BCUT2D eigenvalue weighted by atomic mass is 10.2. The van der Waals surface area contributed by atoms with Crippen molar-refractivity contribution in [1.29, 1.82) is 0 Å². The zero-order valence-electron chi connectivity index (χ0n) is 15.0. The first-order valence-electron chi connectivity index (χ1n) is 9.11. The molecule has 0 saturated carbocycles. The van der Waals surface area contributed by atoms with Gasteiger partial charge in [0.2, 0.25) is 5.91 Å². The van der Waals surface area contributed by atoms with Crippen molar-refractivity contribution in [2.45, 2.75) is 0 Å². The standard InChI is InChI=1S/C20H22FN3O3/c21-15-4-6-16(7-5-15)23-8-10-24(11-9-23)19(25)14-22-17-2-1-3-18-20(17)27-13-12-26-18/h1-7,22H,8-14H2. The van der Waals surface area contributed by atoms with Crippen LogP contribution in [0.25, 0.3) is 0 Å². The number of ether oxygens (including phenoxy) is 2. The van der Waals surface area contributed by atoms with Gasteiger partial charge < -0.3 is 24.6 Å². The van der Waals surface area contributed by atoms with Crippen LogP contribution in [0, 0.1) is 5.82 Å². The van der Waals surface area contributed by atoms with Crippen LogP contribution in [0.5, 0.6) is 11.5 Å². The molecule has 7 heteroatoms. The van der Waals surface area contributed by atoms with Gasteiger partial charge in [0.15, 0.2) is 11.5 Å². The lowest BCUT2D eigenvalue weighted by Crippen LogP contribution is -2.50. The summed E-state index contributed by atoms with van der Waals surface area (Å²) < 4.78 is 24.3. The quantitative estimate of drug-likeness (QED) is 0.894. The maximum Gasteiger partial charge on any atom is 0.241 e. The third-order valence-corrected chi connectivity index (χ3v) is 4.82. The Labute approximate surface area is 157 Å². The Morgan fingerprint density at radius 3 is 2.52 bits per heavy atom. The topological polar surface area (TPSA) is 54.0 Å². The molecule has 2 aliphatic rings. The summed E-state index contributed by atoms with van der Waals surface area (Å²) in [6, 6.07) is 12.1. The molecule has 0 bridgehead atoms. The third kappa shape index (κ3) is 3.92. The smallest absolute Gasteiger partial charge is 0.241 e.